The van der Waals surface area contributed by atoms with Crippen molar-refractivity contribution in [2.75, 3.05) is 11.9 Å². The Labute approximate surface area is 162 Å². The number of carbonyl (C=O) groups is 2. The molecule has 0 radical (unpaired) electrons. The number of halogens is 1. The number of rotatable bonds is 7. The van der Waals surface area contributed by atoms with Crippen LogP contribution in [-0.2, 0) is 16.0 Å². The Morgan fingerprint density at radius 2 is 1.50 bits per heavy atom. The summed E-state index contributed by atoms with van der Waals surface area (Å²) in [5.41, 5.74) is 1.17. The van der Waals surface area contributed by atoms with Crippen LogP contribution in [0.5, 0.6) is 11.5 Å². The Morgan fingerprint density at radius 3 is 2.25 bits per heavy atom. The molecular weight excluding hydrogens is 359 g/mol. The summed E-state index contributed by atoms with van der Waals surface area (Å²) in [6.07, 6.45) is 0.0707. The second kappa shape index (κ2) is 9.32. The third-order valence-electron chi connectivity index (χ3n) is 3.86. The van der Waals surface area contributed by atoms with Gasteiger partial charge in [0.1, 0.15) is 11.6 Å². The van der Waals surface area contributed by atoms with E-state index in [4.69, 9.17) is 4.74 Å². The van der Waals surface area contributed by atoms with Crippen molar-refractivity contribution in [2.45, 2.75) is 6.42 Å². The summed E-state index contributed by atoms with van der Waals surface area (Å²) >= 11 is 0. The molecule has 3 rings (SSSR count). The summed E-state index contributed by atoms with van der Waals surface area (Å²) in [6.45, 7) is -0.181. The zero-order valence-corrected chi connectivity index (χ0v) is 15.0. The van der Waals surface area contributed by atoms with Gasteiger partial charge in [0.2, 0.25) is 11.8 Å². The van der Waals surface area contributed by atoms with Crippen LogP contribution in [0.2, 0.25) is 0 Å². The fraction of sp³-hybridized carbons (Fsp3) is 0.0909. The second-order valence-electron chi connectivity index (χ2n) is 6.04. The molecule has 0 spiro atoms. The molecule has 6 heteroatoms. The molecule has 0 atom stereocenters. The van der Waals surface area contributed by atoms with Gasteiger partial charge in [0.15, 0.2) is 5.75 Å². The van der Waals surface area contributed by atoms with Crippen LogP contribution in [0, 0.1) is 5.82 Å². The maximum Gasteiger partial charge on any atom is 0.243 e. The third kappa shape index (κ3) is 5.67. The lowest BCUT2D eigenvalue weighted by Gasteiger charge is -2.12. The topological polar surface area (TPSA) is 67.4 Å². The molecule has 0 aromatic heterocycles. The molecule has 142 valence electrons. The fourth-order valence-corrected chi connectivity index (χ4v) is 2.50. The monoisotopic (exact) mass is 378 g/mol. The highest BCUT2D eigenvalue weighted by Crippen LogP contribution is 2.28. The zero-order chi connectivity index (χ0) is 19.8. The molecular formula is C22H19FN2O3. The molecule has 0 saturated heterocycles. The van der Waals surface area contributed by atoms with E-state index in [-0.39, 0.29) is 30.6 Å². The lowest BCUT2D eigenvalue weighted by molar-refractivity contribution is -0.123. The first-order valence-corrected chi connectivity index (χ1v) is 8.73. The first-order valence-electron chi connectivity index (χ1n) is 8.73. The van der Waals surface area contributed by atoms with Crippen molar-refractivity contribution in [1.82, 2.24) is 5.32 Å². The van der Waals surface area contributed by atoms with Crippen LogP contribution in [0.1, 0.15) is 5.56 Å². The number of nitrogens with one attached hydrogen (secondary N) is 2. The standard InChI is InChI=1S/C22H19FN2O3/c23-17-12-10-16(11-13-17)14-21(26)24-15-22(27)25-19-8-4-5-9-20(19)28-18-6-2-1-3-7-18/h1-13H,14-15H2,(H,24,26)(H,25,27). The number of carbonyl (C=O) groups excluding carboxylic acids is 2. The van der Waals surface area contributed by atoms with Gasteiger partial charge >= 0.3 is 0 Å². The molecule has 0 unspecified atom stereocenters. The summed E-state index contributed by atoms with van der Waals surface area (Å²) < 4.78 is 18.7. The highest BCUT2D eigenvalue weighted by molar-refractivity contribution is 5.95. The highest BCUT2D eigenvalue weighted by atomic mass is 19.1. The van der Waals surface area contributed by atoms with Crippen molar-refractivity contribution in [1.29, 1.82) is 0 Å². The summed E-state index contributed by atoms with van der Waals surface area (Å²) in [6, 6.07) is 21.9. The van der Waals surface area contributed by atoms with Gasteiger partial charge in [0.25, 0.3) is 0 Å². The molecule has 0 bridgehead atoms. The Hall–Kier alpha value is -3.67. The fourth-order valence-electron chi connectivity index (χ4n) is 2.50. The van der Waals surface area contributed by atoms with E-state index in [0.29, 0.717) is 22.7 Å². The molecule has 3 aromatic rings. The van der Waals surface area contributed by atoms with Crippen molar-refractivity contribution in [3.05, 3.63) is 90.2 Å². The van der Waals surface area contributed by atoms with Crippen LogP contribution in [0.3, 0.4) is 0 Å². The Balaban J connectivity index is 1.53. The average molecular weight is 378 g/mol. The average Bonchev–Trinajstić information content (AvgIpc) is 2.70. The minimum absolute atomic E-state index is 0.0707. The number of hydrogen-bond acceptors (Lipinski definition) is 3. The van der Waals surface area contributed by atoms with Crippen molar-refractivity contribution in [2.24, 2.45) is 0 Å². The molecule has 5 nitrogen and oxygen atoms in total. The van der Waals surface area contributed by atoms with Gasteiger partial charge in [-0.3, -0.25) is 9.59 Å². The molecule has 0 aliphatic heterocycles. The quantitative estimate of drug-likeness (QED) is 0.655. The lowest BCUT2D eigenvalue weighted by Crippen LogP contribution is -2.33. The van der Waals surface area contributed by atoms with Gasteiger partial charge in [-0.2, -0.15) is 0 Å². The molecule has 0 aliphatic carbocycles. The van der Waals surface area contributed by atoms with E-state index < -0.39 is 0 Å². The van der Waals surface area contributed by atoms with Crippen LogP contribution >= 0.6 is 0 Å². The maximum absolute atomic E-state index is 12.9. The smallest absolute Gasteiger partial charge is 0.243 e. The SMILES string of the molecule is O=C(Cc1ccc(F)cc1)NCC(=O)Nc1ccccc1Oc1ccccc1. The largest absolute Gasteiger partial charge is 0.455 e. The normalized spacial score (nSPS) is 10.2. The summed E-state index contributed by atoms with van der Waals surface area (Å²) in [4.78, 5) is 24.1. The van der Waals surface area contributed by atoms with E-state index in [0.717, 1.165) is 0 Å². The Morgan fingerprint density at radius 1 is 0.821 bits per heavy atom. The van der Waals surface area contributed by atoms with E-state index >= 15 is 0 Å². The van der Waals surface area contributed by atoms with Gasteiger partial charge in [0.05, 0.1) is 18.7 Å². The highest BCUT2D eigenvalue weighted by Gasteiger charge is 2.10. The van der Waals surface area contributed by atoms with E-state index in [1.807, 2.05) is 30.3 Å². The minimum Gasteiger partial charge on any atom is -0.455 e. The zero-order valence-electron chi connectivity index (χ0n) is 15.0. The number of hydrogen-bond donors (Lipinski definition) is 2. The molecule has 0 saturated carbocycles. The first kappa shape index (κ1) is 19.1. The molecule has 28 heavy (non-hydrogen) atoms. The maximum atomic E-state index is 12.9. The number of amides is 2. The minimum atomic E-state index is -0.378. The number of ether oxygens (including phenoxy) is 1. The Bertz CT molecular complexity index is 944. The molecule has 3 aromatic carbocycles. The summed E-state index contributed by atoms with van der Waals surface area (Å²) in [5.74, 6) is 0.0866. The molecule has 0 fully saturated rings. The molecule has 2 N–H and O–H groups in total. The van der Waals surface area contributed by atoms with Crippen molar-refractivity contribution in [3.63, 3.8) is 0 Å². The van der Waals surface area contributed by atoms with Crippen LogP contribution in [0.15, 0.2) is 78.9 Å². The van der Waals surface area contributed by atoms with Crippen LogP contribution < -0.4 is 15.4 Å². The van der Waals surface area contributed by atoms with Gasteiger partial charge in [-0.15, -0.1) is 0 Å². The van der Waals surface area contributed by atoms with E-state index in [9.17, 15) is 14.0 Å². The second-order valence-corrected chi connectivity index (χ2v) is 6.04. The summed E-state index contributed by atoms with van der Waals surface area (Å²) in [5, 5.41) is 5.28. The van der Waals surface area contributed by atoms with Gasteiger partial charge in [0, 0.05) is 0 Å². The third-order valence-corrected chi connectivity index (χ3v) is 3.86. The Kier molecular flexibility index (Phi) is 6.36. The van der Waals surface area contributed by atoms with E-state index in [1.54, 1.807) is 24.3 Å². The van der Waals surface area contributed by atoms with E-state index in [1.165, 1.54) is 24.3 Å². The van der Waals surface area contributed by atoms with Gasteiger partial charge < -0.3 is 15.4 Å². The number of anilines is 1. The van der Waals surface area contributed by atoms with Crippen LogP contribution in [0.25, 0.3) is 0 Å². The van der Waals surface area contributed by atoms with Crippen LogP contribution in [-0.4, -0.2) is 18.4 Å². The predicted octanol–water partition coefficient (Wildman–Crippen LogP) is 3.92. The van der Waals surface area contributed by atoms with Gasteiger partial charge in [-0.1, -0.05) is 42.5 Å². The molecule has 2 amide bonds. The lowest BCUT2D eigenvalue weighted by atomic mass is 10.1. The van der Waals surface area contributed by atoms with Gasteiger partial charge in [-0.05, 0) is 42.0 Å². The molecule has 0 aliphatic rings. The van der Waals surface area contributed by atoms with Crippen molar-refractivity contribution < 1.29 is 18.7 Å². The predicted molar refractivity (Wildman–Crippen MR) is 105 cm³/mol. The van der Waals surface area contributed by atoms with E-state index in [2.05, 4.69) is 10.6 Å². The number of benzene rings is 3. The van der Waals surface area contributed by atoms with Crippen molar-refractivity contribution >= 4 is 17.5 Å². The van der Waals surface area contributed by atoms with Crippen molar-refractivity contribution in [3.8, 4) is 11.5 Å². The van der Waals surface area contributed by atoms with Crippen LogP contribution in [0.4, 0.5) is 10.1 Å². The summed E-state index contributed by atoms with van der Waals surface area (Å²) in [7, 11) is 0. The number of para-hydroxylation sites is 3. The first-order chi connectivity index (χ1) is 13.6. The molecule has 0 heterocycles. The van der Waals surface area contributed by atoms with Gasteiger partial charge in [-0.25, -0.2) is 4.39 Å².